The van der Waals surface area contributed by atoms with Gasteiger partial charge in [-0.3, -0.25) is 4.79 Å². The van der Waals surface area contributed by atoms with Crippen molar-refractivity contribution in [1.82, 2.24) is 14.9 Å². The number of nitrogens with zero attached hydrogens (tertiary/aromatic N) is 3. The summed E-state index contributed by atoms with van der Waals surface area (Å²) in [6.07, 6.45) is 0.973. The Morgan fingerprint density at radius 1 is 1.11 bits per heavy atom. The van der Waals surface area contributed by atoms with Crippen LogP contribution in [0.25, 0.3) is 0 Å². The Balaban J connectivity index is 1.62. The highest BCUT2D eigenvalue weighted by Gasteiger charge is 2.37. The molecule has 0 saturated heterocycles. The standard InChI is InChI=1S/C21H23N5OS/c1-4-15-7-11-17(12-8-15)22-20(27)19-18(16-9-5-13(2)6-10-16)25-26-14(3)23-24-21(26)28-19/h5-12,18-19,25H,4H2,1-3H3,(H,22,27)/t18-,19+/m1/s1. The van der Waals surface area contributed by atoms with Crippen molar-refractivity contribution in [1.29, 1.82) is 0 Å². The van der Waals surface area contributed by atoms with Crippen LogP contribution < -0.4 is 10.7 Å². The van der Waals surface area contributed by atoms with Crippen molar-refractivity contribution in [3.05, 3.63) is 71.0 Å². The molecule has 0 spiro atoms. The number of aryl methyl sites for hydroxylation is 3. The number of anilines is 1. The lowest BCUT2D eigenvalue weighted by Crippen LogP contribution is -2.41. The van der Waals surface area contributed by atoms with Gasteiger partial charge in [0.05, 0.1) is 6.04 Å². The third-order valence-electron chi connectivity index (χ3n) is 4.92. The van der Waals surface area contributed by atoms with Crippen LogP contribution in [0.5, 0.6) is 0 Å². The molecule has 3 aromatic rings. The number of benzene rings is 2. The summed E-state index contributed by atoms with van der Waals surface area (Å²) < 4.78 is 1.86. The minimum atomic E-state index is -0.371. The van der Waals surface area contributed by atoms with Gasteiger partial charge in [0, 0.05) is 5.69 Å². The first-order chi connectivity index (χ1) is 13.5. The van der Waals surface area contributed by atoms with Gasteiger partial charge in [-0.25, -0.2) is 4.68 Å². The van der Waals surface area contributed by atoms with Crippen molar-refractivity contribution in [2.45, 2.75) is 43.6 Å². The van der Waals surface area contributed by atoms with E-state index in [0.29, 0.717) is 5.16 Å². The number of nitrogens with one attached hydrogen (secondary N) is 2. The molecule has 0 unspecified atom stereocenters. The van der Waals surface area contributed by atoms with Gasteiger partial charge in [-0.1, -0.05) is 60.6 Å². The summed E-state index contributed by atoms with van der Waals surface area (Å²) in [5, 5.41) is 11.7. The van der Waals surface area contributed by atoms with Crippen LogP contribution in [0.1, 0.15) is 35.5 Å². The Labute approximate surface area is 168 Å². The molecule has 0 aliphatic carbocycles. The number of hydrogen-bond donors (Lipinski definition) is 2. The van der Waals surface area contributed by atoms with Crippen LogP contribution in [0.2, 0.25) is 0 Å². The number of aromatic nitrogens is 3. The van der Waals surface area contributed by atoms with E-state index in [1.54, 1.807) is 0 Å². The number of fused-ring (bicyclic) bond motifs is 1. The molecule has 28 heavy (non-hydrogen) atoms. The van der Waals surface area contributed by atoms with E-state index in [2.05, 4.69) is 59.1 Å². The molecule has 1 aliphatic rings. The molecule has 6 nitrogen and oxygen atoms in total. The predicted molar refractivity (Wildman–Crippen MR) is 112 cm³/mol. The highest BCUT2D eigenvalue weighted by molar-refractivity contribution is 8.00. The number of carbonyl (C=O) groups excluding carboxylic acids is 1. The summed E-state index contributed by atoms with van der Waals surface area (Å²) in [5.74, 6) is 0.716. The van der Waals surface area contributed by atoms with Gasteiger partial charge >= 0.3 is 0 Å². The number of amides is 1. The van der Waals surface area contributed by atoms with E-state index in [-0.39, 0.29) is 17.2 Å². The van der Waals surface area contributed by atoms with Gasteiger partial charge in [-0.2, -0.15) is 0 Å². The van der Waals surface area contributed by atoms with Gasteiger partial charge in [0.1, 0.15) is 11.1 Å². The molecule has 0 bridgehead atoms. The molecule has 2 N–H and O–H groups in total. The number of carbonyl (C=O) groups is 1. The quantitative estimate of drug-likeness (QED) is 0.704. The summed E-state index contributed by atoms with van der Waals surface area (Å²) in [6, 6.07) is 16.0. The molecule has 0 radical (unpaired) electrons. The Kier molecular flexibility index (Phi) is 5.09. The van der Waals surface area contributed by atoms with Crippen LogP contribution >= 0.6 is 11.8 Å². The summed E-state index contributed by atoms with van der Waals surface area (Å²) >= 11 is 1.43. The predicted octanol–water partition coefficient (Wildman–Crippen LogP) is 3.86. The van der Waals surface area contributed by atoms with E-state index in [1.807, 2.05) is 35.9 Å². The van der Waals surface area contributed by atoms with Gasteiger partial charge in [-0.15, -0.1) is 10.2 Å². The Bertz CT molecular complexity index is 981. The highest BCUT2D eigenvalue weighted by Crippen LogP contribution is 2.37. The summed E-state index contributed by atoms with van der Waals surface area (Å²) in [5.41, 5.74) is 7.71. The second-order valence-electron chi connectivity index (χ2n) is 6.96. The van der Waals surface area contributed by atoms with Crippen molar-refractivity contribution < 1.29 is 4.79 Å². The first kappa shape index (κ1) is 18.6. The molecular formula is C21H23N5OS. The second kappa shape index (κ2) is 7.67. The zero-order valence-electron chi connectivity index (χ0n) is 16.1. The molecule has 1 aromatic heterocycles. The van der Waals surface area contributed by atoms with Crippen molar-refractivity contribution in [3.63, 3.8) is 0 Å². The zero-order valence-corrected chi connectivity index (χ0v) is 17.0. The van der Waals surface area contributed by atoms with Crippen LogP contribution in [0.15, 0.2) is 53.7 Å². The van der Waals surface area contributed by atoms with E-state index in [9.17, 15) is 4.79 Å². The maximum absolute atomic E-state index is 13.2. The van der Waals surface area contributed by atoms with Gasteiger partial charge in [-0.05, 0) is 43.5 Å². The first-order valence-electron chi connectivity index (χ1n) is 9.36. The van der Waals surface area contributed by atoms with Crippen LogP contribution in [-0.2, 0) is 11.2 Å². The fraction of sp³-hybridized carbons (Fsp3) is 0.286. The molecule has 2 heterocycles. The van der Waals surface area contributed by atoms with Crippen molar-refractivity contribution in [3.8, 4) is 0 Å². The Hall–Kier alpha value is -2.80. The SMILES string of the molecule is CCc1ccc(NC(=O)[C@H]2Sc3nnc(C)n3N[C@@H]2c2ccc(C)cc2)cc1. The zero-order chi connectivity index (χ0) is 19.7. The first-order valence-corrected chi connectivity index (χ1v) is 10.2. The molecular weight excluding hydrogens is 370 g/mol. The topological polar surface area (TPSA) is 71.8 Å². The molecule has 2 aromatic carbocycles. The lowest BCUT2D eigenvalue weighted by molar-refractivity contribution is -0.116. The number of hydrogen-bond acceptors (Lipinski definition) is 5. The average molecular weight is 394 g/mol. The van der Waals surface area contributed by atoms with E-state index >= 15 is 0 Å². The third-order valence-corrected chi connectivity index (χ3v) is 6.14. The van der Waals surface area contributed by atoms with Crippen molar-refractivity contribution in [2.75, 3.05) is 10.7 Å². The number of thioether (sulfide) groups is 1. The number of rotatable bonds is 4. The molecule has 144 valence electrons. The van der Waals surface area contributed by atoms with E-state index in [4.69, 9.17) is 0 Å². The van der Waals surface area contributed by atoms with Gasteiger partial charge in [0.2, 0.25) is 11.1 Å². The molecule has 1 amide bonds. The Morgan fingerprint density at radius 2 is 1.82 bits per heavy atom. The molecule has 4 rings (SSSR count). The summed E-state index contributed by atoms with van der Waals surface area (Å²) in [6.45, 7) is 6.06. The minimum absolute atomic E-state index is 0.0563. The molecule has 0 fully saturated rings. The lowest BCUT2D eigenvalue weighted by atomic mass is 10.0. The average Bonchev–Trinajstić information content (AvgIpc) is 3.08. The monoisotopic (exact) mass is 393 g/mol. The van der Waals surface area contributed by atoms with Gasteiger partial charge in [0.15, 0.2) is 0 Å². The molecule has 0 saturated carbocycles. The van der Waals surface area contributed by atoms with Crippen LogP contribution in [0, 0.1) is 13.8 Å². The fourth-order valence-electron chi connectivity index (χ4n) is 3.22. The minimum Gasteiger partial charge on any atom is -0.325 e. The summed E-state index contributed by atoms with van der Waals surface area (Å²) in [4.78, 5) is 13.2. The normalized spacial score (nSPS) is 18.2. The van der Waals surface area contributed by atoms with E-state index in [0.717, 1.165) is 23.5 Å². The largest absolute Gasteiger partial charge is 0.325 e. The van der Waals surface area contributed by atoms with Crippen LogP contribution in [-0.4, -0.2) is 26.0 Å². The smallest absolute Gasteiger partial charge is 0.240 e. The maximum atomic E-state index is 13.2. The summed E-state index contributed by atoms with van der Waals surface area (Å²) in [7, 11) is 0. The molecule has 1 aliphatic heterocycles. The van der Waals surface area contributed by atoms with Gasteiger partial charge < -0.3 is 10.7 Å². The van der Waals surface area contributed by atoms with Crippen LogP contribution in [0.3, 0.4) is 0 Å². The third kappa shape index (κ3) is 3.62. The van der Waals surface area contributed by atoms with Gasteiger partial charge in [0.25, 0.3) is 0 Å². The fourth-order valence-corrected chi connectivity index (χ4v) is 4.35. The van der Waals surface area contributed by atoms with Crippen molar-refractivity contribution in [2.24, 2.45) is 0 Å². The highest BCUT2D eigenvalue weighted by atomic mass is 32.2. The molecule has 2 atom stereocenters. The second-order valence-corrected chi connectivity index (χ2v) is 8.07. The maximum Gasteiger partial charge on any atom is 0.240 e. The lowest BCUT2D eigenvalue weighted by Gasteiger charge is -2.32. The van der Waals surface area contributed by atoms with E-state index in [1.165, 1.54) is 22.9 Å². The van der Waals surface area contributed by atoms with Crippen LogP contribution in [0.4, 0.5) is 5.69 Å². The Morgan fingerprint density at radius 3 is 2.50 bits per heavy atom. The molecule has 7 heteroatoms. The van der Waals surface area contributed by atoms with E-state index < -0.39 is 0 Å². The van der Waals surface area contributed by atoms with Crippen molar-refractivity contribution >= 4 is 23.4 Å².